The van der Waals surface area contributed by atoms with E-state index in [1.807, 2.05) is 24.3 Å². The maximum atomic E-state index is 9.99. The first-order valence-corrected chi connectivity index (χ1v) is 6.67. The molecule has 0 aromatic heterocycles. The van der Waals surface area contributed by atoms with Crippen LogP contribution in [0.5, 0.6) is 11.5 Å². The minimum atomic E-state index is -0.484. The first kappa shape index (κ1) is 14.1. The first-order chi connectivity index (χ1) is 9.29. The smallest absolute Gasteiger partial charge is 0.161 e. The molecular formula is C14H22N2O3. The maximum absolute atomic E-state index is 9.99. The summed E-state index contributed by atoms with van der Waals surface area (Å²) in [6, 6.07) is 7.77. The summed E-state index contributed by atoms with van der Waals surface area (Å²) in [5, 5.41) is 16.7. The SMILES string of the molecule is COc1ccccc1OC[C@H](O)CC1CNCCN1. The second-order valence-electron chi connectivity index (χ2n) is 4.71. The molecule has 2 atom stereocenters. The topological polar surface area (TPSA) is 62.8 Å². The summed E-state index contributed by atoms with van der Waals surface area (Å²) in [7, 11) is 1.61. The third-order valence-corrected chi connectivity index (χ3v) is 3.18. The van der Waals surface area contributed by atoms with Crippen LogP contribution in [0.4, 0.5) is 0 Å². The van der Waals surface area contributed by atoms with Crippen LogP contribution in [0.25, 0.3) is 0 Å². The van der Waals surface area contributed by atoms with E-state index in [2.05, 4.69) is 10.6 Å². The van der Waals surface area contributed by atoms with Crippen molar-refractivity contribution in [2.75, 3.05) is 33.4 Å². The summed E-state index contributed by atoms with van der Waals surface area (Å²) in [4.78, 5) is 0. The van der Waals surface area contributed by atoms with Crippen LogP contribution in [0.1, 0.15) is 6.42 Å². The summed E-state index contributed by atoms with van der Waals surface area (Å²) in [5.41, 5.74) is 0. The zero-order chi connectivity index (χ0) is 13.5. The lowest BCUT2D eigenvalue weighted by atomic mass is 10.1. The average molecular weight is 266 g/mol. The van der Waals surface area contributed by atoms with Gasteiger partial charge in [0.05, 0.1) is 13.2 Å². The third-order valence-electron chi connectivity index (χ3n) is 3.18. The molecule has 1 fully saturated rings. The van der Waals surface area contributed by atoms with Gasteiger partial charge in [0, 0.05) is 25.7 Å². The van der Waals surface area contributed by atoms with Crippen molar-refractivity contribution in [2.45, 2.75) is 18.6 Å². The van der Waals surface area contributed by atoms with Crippen LogP contribution in [0, 0.1) is 0 Å². The van der Waals surface area contributed by atoms with Crippen molar-refractivity contribution in [2.24, 2.45) is 0 Å². The zero-order valence-corrected chi connectivity index (χ0v) is 11.3. The van der Waals surface area contributed by atoms with Gasteiger partial charge in [0.2, 0.25) is 0 Å². The minimum Gasteiger partial charge on any atom is -0.493 e. The van der Waals surface area contributed by atoms with Crippen molar-refractivity contribution in [3.8, 4) is 11.5 Å². The molecule has 3 N–H and O–H groups in total. The van der Waals surface area contributed by atoms with E-state index >= 15 is 0 Å². The fraction of sp³-hybridized carbons (Fsp3) is 0.571. The molecule has 2 rings (SSSR count). The van der Waals surface area contributed by atoms with Crippen LogP contribution in [0.2, 0.25) is 0 Å². The van der Waals surface area contributed by atoms with Gasteiger partial charge in [-0.1, -0.05) is 12.1 Å². The molecule has 5 heteroatoms. The highest BCUT2D eigenvalue weighted by molar-refractivity contribution is 5.39. The van der Waals surface area contributed by atoms with E-state index in [0.29, 0.717) is 24.0 Å². The highest BCUT2D eigenvalue weighted by Crippen LogP contribution is 2.25. The van der Waals surface area contributed by atoms with Gasteiger partial charge >= 0.3 is 0 Å². The predicted octanol–water partition coefficient (Wildman–Crippen LogP) is 0.386. The molecule has 19 heavy (non-hydrogen) atoms. The van der Waals surface area contributed by atoms with E-state index in [4.69, 9.17) is 9.47 Å². The number of rotatable bonds is 6. The Morgan fingerprint density at radius 1 is 1.32 bits per heavy atom. The number of hydrogen-bond donors (Lipinski definition) is 3. The van der Waals surface area contributed by atoms with Gasteiger partial charge in [-0.05, 0) is 18.6 Å². The van der Waals surface area contributed by atoms with E-state index in [9.17, 15) is 5.11 Å². The number of nitrogens with one attached hydrogen (secondary N) is 2. The Labute approximate surface area is 113 Å². The maximum Gasteiger partial charge on any atom is 0.161 e. The average Bonchev–Trinajstić information content (AvgIpc) is 2.46. The van der Waals surface area contributed by atoms with Crippen LogP contribution in [0.15, 0.2) is 24.3 Å². The molecule has 0 spiro atoms. The van der Waals surface area contributed by atoms with Gasteiger partial charge in [-0.25, -0.2) is 0 Å². The lowest BCUT2D eigenvalue weighted by molar-refractivity contribution is 0.0868. The molecule has 0 amide bonds. The fourth-order valence-corrected chi connectivity index (χ4v) is 2.20. The van der Waals surface area contributed by atoms with E-state index in [1.165, 1.54) is 0 Å². The van der Waals surface area contributed by atoms with E-state index in [-0.39, 0.29) is 6.61 Å². The molecule has 0 radical (unpaired) electrons. The first-order valence-electron chi connectivity index (χ1n) is 6.67. The predicted molar refractivity (Wildman–Crippen MR) is 73.8 cm³/mol. The number of aliphatic hydroxyl groups excluding tert-OH is 1. The monoisotopic (exact) mass is 266 g/mol. The molecule has 1 saturated heterocycles. The summed E-state index contributed by atoms with van der Waals surface area (Å²) in [6.45, 7) is 3.11. The Bertz CT molecular complexity index is 381. The molecule has 106 valence electrons. The fourth-order valence-electron chi connectivity index (χ4n) is 2.20. The van der Waals surface area contributed by atoms with Crippen molar-refractivity contribution in [1.82, 2.24) is 10.6 Å². The molecule has 5 nitrogen and oxygen atoms in total. The Kier molecular flexibility index (Phi) is 5.44. The second kappa shape index (κ2) is 7.33. The largest absolute Gasteiger partial charge is 0.493 e. The minimum absolute atomic E-state index is 0.276. The Balaban J connectivity index is 1.77. The van der Waals surface area contributed by atoms with E-state index < -0.39 is 6.10 Å². The van der Waals surface area contributed by atoms with E-state index in [0.717, 1.165) is 19.6 Å². The van der Waals surface area contributed by atoms with Crippen LogP contribution < -0.4 is 20.1 Å². The molecule has 1 aliphatic heterocycles. The van der Waals surface area contributed by atoms with Gasteiger partial charge < -0.3 is 25.2 Å². The molecule has 0 bridgehead atoms. The molecular weight excluding hydrogens is 244 g/mol. The standard InChI is InChI=1S/C14H22N2O3/c1-18-13-4-2-3-5-14(13)19-10-12(17)8-11-9-15-6-7-16-11/h2-5,11-12,15-17H,6-10H2,1H3/t11?,12-/m1/s1. The number of aliphatic hydroxyl groups is 1. The van der Waals surface area contributed by atoms with Gasteiger partial charge in [0.1, 0.15) is 6.61 Å². The van der Waals surface area contributed by atoms with Crippen LogP contribution >= 0.6 is 0 Å². The number of para-hydroxylation sites is 2. The van der Waals surface area contributed by atoms with Crippen molar-refractivity contribution >= 4 is 0 Å². The molecule has 0 saturated carbocycles. The lowest BCUT2D eigenvalue weighted by Gasteiger charge is -2.26. The molecule has 1 unspecified atom stereocenters. The van der Waals surface area contributed by atoms with Crippen LogP contribution in [0.3, 0.4) is 0 Å². The summed E-state index contributed by atoms with van der Waals surface area (Å²) >= 11 is 0. The van der Waals surface area contributed by atoms with Crippen molar-refractivity contribution in [3.05, 3.63) is 24.3 Å². The number of benzene rings is 1. The van der Waals surface area contributed by atoms with Gasteiger partial charge in [0.15, 0.2) is 11.5 Å². The van der Waals surface area contributed by atoms with Crippen molar-refractivity contribution in [3.63, 3.8) is 0 Å². The molecule has 1 heterocycles. The Morgan fingerprint density at radius 2 is 2.11 bits per heavy atom. The Hall–Kier alpha value is -1.30. The second-order valence-corrected chi connectivity index (χ2v) is 4.71. The molecule has 0 aliphatic carbocycles. The summed E-state index contributed by atoms with van der Waals surface area (Å²) in [6.07, 6.45) is 0.199. The lowest BCUT2D eigenvalue weighted by Crippen LogP contribution is -2.49. The third kappa shape index (κ3) is 4.38. The van der Waals surface area contributed by atoms with Gasteiger partial charge in [-0.15, -0.1) is 0 Å². The highest BCUT2D eigenvalue weighted by Gasteiger charge is 2.17. The van der Waals surface area contributed by atoms with Crippen molar-refractivity contribution in [1.29, 1.82) is 0 Å². The number of hydrogen-bond acceptors (Lipinski definition) is 5. The van der Waals surface area contributed by atoms with Gasteiger partial charge in [0.25, 0.3) is 0 Å². The molecule has 1 aromatic rings. The Morgan fingerprint density at radius 3 is 2.79 bits per heavy atom. The van der Waals surface area contributed by atoms with Gasteiger partial charge in [-0.2, -0.15) is 0 Å². The number of ether oxygens (including phenoxy) is 2. The molecule has 1 aliphatic rings. The number of piperazine rings is 1. The van der Waals surface area contributed by atoms with Crippen LogP contribution in [-0.2, 0) is 0 Å². The normalized spacial score (nSPS) is 20.8. The van der Waals surface area contributed by atoms with Crippen molar-refractivity contribution < 1.29 is 14.6 Å². The summed E-state index contributed by atoms with van der Waals surface area (Å²) < 4.78 is 10.8. The van der Waals surface area contributed by atoms with Crippen LogP contribution in [-0.4, -0.2) is 50.6 Å². The number of methoxy groups -OCH3 is 1. The quantitative estimate of drug-likeness (QED) is 0.695. The van der Waals surface area contributed by atoms with E-state index in [1.54, 1.807) is 7.11 Å². The van der Waals surface area contributed by atoms with Gasteiger partial charge in [-0.3, -0.25) is 0 Å². The highest BCUT2D eigenvalue weighted by atomic mass is 16.5. The molecule has 1 aromatic carbocycles. The summed E-state index contributed by atoms with van der Waals surface area (Å²) in [5.74, 6) is 1.35. The zero-order valence-electron chi connectivity index (χ0n) is 11.3.